The maximum atomic E-state index is 12.5. The Morgan fingerprint density at radius 2 is 2.12 bits per heavy atom. The number of aliphatic carboxylic acids is 1. The quantitative estimate of drug-likeness (QED) is 0.814. The molecule has 0 spiro atoms. The fourth-order valence-electron chi connectivity index (χ4n) is 2.50. The zero-order chi connectivity index (χ0) is 18.5. The first-order chi connectivity index (χ1) is 12.6. The zero-order valence-corrected chi connectivity index (χ0v) is 14.3. The van der Waals surface area contributed by atoms with Gasteiger partial charge in [-0.15, -0.1) is 0 Å². The number of ether oxygens (including phenoxy) is 2. The molecule has 1 aromatic heterocycles. The minimum atomic E-state index is -1.07. The number of carbonyl (C=O) groups excluding carboxylic acids is 1. The van der Waals surface area contributed by atoms with Crippen LogP contribution >= 0.6 is 0 Å². The zero-order valence-electron chi connectivity index (χ0n) is 14.3. The van der Waals surface area contributed by atoms with E-state index in [9.17, 15) is 9.59 Å². The first kappa shape index (κ1) is 17.9. The van der Waals surface area contributed by atoms with Crippen molar-refractivity contribution in [3.8, 4) is 5.75 Å². The summed E-state index contributed by atoms with van der Waals surface area (Å²) >= 11 is 0. The highest BCUT2D eigenvalue weighted by Crippen LogP contribution is 2.16. The first-order valence-corrected chi connectivity index (χ1v) is 8.25. The molecular formula is C17H19N3O6. The van der Waals surface area contributed by atoms with E-state index in [1.165, 1.54) is 4.90 Å². The molecule has 0 saturated carbocycles. The van der Waals surface area contributed by atoms with Gasteiger partial charge >= 0.3 is 5.97 Å². The van der Waals surface area contributed by atoms with E-state index in [-0.39, 0.29) is 25.7 Å². The highest BCUT2D eigenvalue weighted by molar-refractivity contribution is 5.94. The average molecular weight is 361 g/mol. The Hall–Kier alpha value is -2.94. The van der Waals surface area contributed by atoms with Crippen molar-refractivity contribution in [1.82, 2.24) is 15.0 Å². The minimum absolute atomic E-state index is 0.0318. The summed E-state index contributed by atoms with van der Waals surface area (Å²) in [6, 6.07) is 6.61. The van der Waals surface area contributed by atoms with E-state index in [0.29, 0.717) is 36.0 Å². The molecule has 1 amide bonds. The van der Waals surface area contributed by atoms with Crippen molar-refractivity contribution in [3.63, 3.8) is 0 Å². The Bertz CT molecular complexity index is 773. The summed E-state index contributed by atoms with van der Waals surface area (Å²) in [5.74, 6) is 0.260. The van der Waals surface area contributed by atoms with E-state index in [1.54, 1.807) is 24.3 Å². The van der Waals surface area contributed by atoms with Crippen LogP contribution in [0.15, 0.2) is 28.8 Å². The van der Waals surface area contributed by atoms with E-state index < -0.39 is 12.1 Å². The SMILES string of the molecule is CCc1nc(COc2ccc(C(=O)N3CCO[C@H](C(=O)O)C3)cc2)no1. The second kappa shape index (κ2) is 7.96. The van der Waals surface area contributed by atoms with Crippen LogP contribution in [-0.2, 0) is 22.6 Å². The number of carbonyl (C=O) groups is 2. The lowest BCUT2D eigenvalue weighted by Gasteiger charge is -2.30. The molecule has 1 aliphatic rings. The van der Waals surface area contributed by atoms with Crippen LogP contribution in [0.3, 0.4) is 0 Å². The monoisotopic (exact) mass is 361 g/mol. The minimum Gasteiger partial charge on any atom is -0.485 e. The largest absolute Gasteiger partial charge is 0.485 e. The number of morpholine rings is 1. The van der Waals surface area contributed by atoms with E-state index >= 15 is 0 Å². The Balaban J connectivity index is 1.58. The number of hydrogen-bond acceptors (Lipinski definition) is 7. The molecule has 0 radical (unpaired) electrons. The van der Waals surface area contributed by atoms with Crippen molar-refractivity contribution in [2.24, 2.45) is 0 Å². The number of rotatable bonds is 6. The standard InChI is InChI=1S/C17H19N3O6/c1-2-15-18-14(19-26-15)10-25-12-5-3-11(4-6-12)16(21)20-7-8-24-13(9-20)17(22)23/h3-6,13H,2,7-10H2,1H3,(H,22,23)/t13-/m0/s1. The third-order valence-corrected chi connectivity index (χ3v) is 3.91. The van der Waals surface area contributed by atoms with Crippen molar-refractivity contribution < 1.29 is 28.7 Å². The van der Waals surface area contributed by atoms with Crippen LogP contribution in [0.2, 0.25) is 0 Å². The summed E-state index contributed by atoms with van der Waals surface area (Å²) in [6.45, 7) is 2.68. The van der Waals surface area contributed by atoms with Crippen LogP contribution in [0.25, 0.3) is 0 Å². The summed E-state index contributed by atoms with van der Waals surface area (Å²) in [6.07, 6.45) is -0.327. The third-order valence-electron chi connectivity index (χ3n) is 3.91. The van der Waals surface area contributed by atoms with Gasteiger partial charge in [-0.25, -0.2) is 4.79 Å². The molecule has 3 rings (SSSR count). The van der Waals surface area contributed by atoms with Crippen LogP contribution in [0, 0.1) is 0 Å². The third kappa shape index (κ3) is 4.17. The number of amides is 1. The number of benzene rings is 1. The molecule has 0 bridgehead atoms. The van der Waals surface area contributed by atoms with Crippen LogP contribution in [0.4, 0.5) is 0 Å². The van der Waals surface area contributed by atoms with Crippen LogP contribution in [-0.4, -0.2) is 57.8 Å². The van der Waals surface area contributed by atoms with Crippen LogP contribution in [0.1, 0.15) is 29.0 Å². The molecular weight excluding hydrogens is 342 g/mol. The number of hydrogen-bond donors (Lipinski definition) is 1. The first-order valence-electron chi connectivity index (χ1n) is 8.25. The van der Waals surface area contributed by atoms with Gasteiger partial charge in [0.25, 0.3) is 5.91 Å². The second-order valence-electron chi connectivity index (χ2n) is 5.72. The van der Waals surface area contributed by atoms with Gasteiger partial charge in [0.2, 0.25) is 11.7 Å². The van der Waals surface area contributed by atoms with E-state index in [1.807, 2.05) is 6.92 Å². The van der Waals surface area contributed by atoms with E-state index in [4.69, 9.17) is 19.1 Å². The Kier molecular flexibility index (Phi) is 5.47. The van der Waals surface area contributed by atoms with Crippen molar-refractivity contribution in [2.75, 3.05) is 19.7 Å². The van der Waals surface area contributed by atoms with Gasteiger partial charge in [-0.05, 0) is 24.3 Å². The number of aryl methyl sites for hydroxylation is 1. The van der Waals surface area contributed by atoms with Gasteiger partial charge in [0.15, 0.2) is 12.7 Å². The molecule has 1 aromatic carbocycles. The van der Waals surface area contributed by atoms with Gasteiger partial charge in [-0.3, -0.25) is 4.79 Å². The topological polar surface area (TPSA) is 115 Å². The van der Waals surface area contributed by atoms with E-state index in [2.05, 4.69) is 10.1 Å². The lowest BCUT2D eigenvalue weighted by molar-refractivity contribution is -0.154. The molecule has 1 saturated heterocycles. The van der Waals surface area contributed by atoms with Crippen molar-refractivity contribution in [3.05, 3.63) is 41.5 Å². The van der Waals surface area contributed by atoms with Gasteiger partial charge in [0, 0.05) is 18.5 Å². The molecule has 9 heteroatoms. The lowest BCUT2D eigenvalue weighted by atomic mass is 10.1. The number of carboxylic acid groups (broad SMARTS) is 1. The average Bonchev–Trinajstić information content (AvgIpc) is 3.14. The van der Waals surface area contributed by atoms with E-state index in [0.717, 1.165) is 0 Å². The number of carboxylic acids is 1. The molecule has 1 N–H and O–H groups in total. The Labute approximate surface area is 149 Å². The fourth-order valence-corrected chi connectivity index (χ4v) is 2.50. The molecule has 1 atom stereocenters. The van der Waals surface area contributed by atoms with Gasteiger partial charge < -0.3 is 24.0 Å². The second-order valence-corrected chi connectivity index (χ2v) is 5.72. The molecule has 138 valence electrons. The summed E-state index contributed by atoms with van der Waals surface area (Å²) in [7, 11) is 0. The fraction of sp³-hybridized carbons (Fsp3) is 0.412. The normalized spacial score (nSPS) is 17.1. The maximum Gasteiger partial charge on any atom is 0.334 e. The predicted molar refractivity (Wildman–Crippen MR) is 87.7 cm³/mol. The summed E-state index contributed by atoms with van der Waals surface area (Å²) in [5.41, 5.74) is 0.455. The van der Waals surface area contributed by atoms with Crippen LogP contribution < -0.4 is 4.74 Å². The van der Waals surface area contributed by atoms with Crippen LogP contribution in [0.5, 0.6) is 5.75 Å². The molecule has 1 aliphatic heterocycles. The van der Waals surface area contributed by atoms with Gasteiger partial charge in [-0.2, -0.15) is 4.98 Å². The summed E-state index contributed by atoms with van der Waals surface area (Å²) < 4.78 is 15.7. The van der Waals surface area contributed by atoms with Crippen molar-refractivity contribution in [1.29, 1.82) is 0 Å². The van der Waals surface area contributed by atoms with Crippen molar-refractivity contribution >= 4 is 11.9 Å². The highest BCUT2D eigenvalue weighted by Gasteiger charge is 2.29. The van der Waals surface area contributed by atoms with Gasteiger partial charge in [0.05, 0.1) is 13.2 Å². The molecule has 0 unspecified atom stereocenters. The molecule has 2 heterocycles. The molecule has 0 aliphatic carbocycles. The maximum absolute atomic E-state index is 12.5. The molecule has 26 heavy (non-hydrogen) atoms. The summed E-state index contributed by atoms with van der Waals surface area (Å²) in [4.78, 5) is 29.1. The highest BCUT2D eigenvalue weighted by atomic mass is 16.5. The number of nitrogens with zero attached hydrogens (tertiary/aromatic N) is 3. The van der Waals surface area contributed by atoms with Gasteiger partial charge in [0.1, 0.15) is 5.75 Å². The molecule has 2 aromatic rings. The lowest BCUT2D eigenvalue weighted by Crippen LogP contribution is -2.48. The smallest absolute Gasteiger partial charge is 0.334 e. The molecule has 1 fully saturated rings. The number of aromatic nitrogens is 2. The predicted octanol–water partition coefficient (Wildman–Crippen LogP) is 1.14. The Morgan fingerprint density at radius 1 is 1.35 bits per heavy atom. The van der Waals surface area contributed by atoms with Gasteiger partial charge in [-0.1, -0.05) is 12.1 Å². The van der Waals surface area contributed by atoms with Crippen molar-refractivity contribution in [2.45, 2.75) is 26.1 Å². The molecule has 9 nitrogen and oxygen atoms in total. The Morgan fingerprint density at radius 3 is 2.77 bits per heavy atom. The summed E-state index contributed by atoms with van der Waals surface area (Å²) in [5, 5.41) is 12.8.